The number of sulfonamides is 1. The monoisotopic (exact) mass is 346 g/mol. The van der Waals surface area contributed by atoms with Crippen LogP contribution in [0, 0.1) is 4.91 Å². The molecule has 0 atom stereocenters. The fourth-order valence-corrected chi connectivity index (χ4v) is 2.88. The normalized spacial score (nSPS) is 11.4. The number of hydrogen-bond acceptors (Lipinski definition) is 7. The molecule has 0 heterocycles. The number of nitroso groups, excluding NO2 is 1. The maximum absolute atomic E-state index is 11.9. The number of hydrogen-bond donors (Lipinski definition) is 3. The molecule has 0 unspecified atom stereocenters. The molecule has 0 saturated carbocycles. The Kier molecular flexibility index (Phi) is 10.2. The van der Waals surface area contributed by atoms with E-state index < -0.39 is 21.8 Å². The Labute approximate surface area is 127 Å². The Morgan fingerprint density at radius 1 is 1.19 bits per heavy atom. The Morgan fingerprint density at radius 3 is 2.19 bits per heavy atom. The van der Waals surface area contributed by atoms with Crippen molar-refractivity contribution in [2.45, 2.75) is 0 Å². The molecule has 0 saturated heterocycles. The molecule has 0 aromatic rings. The number of halogens is 1. The topological polar surface area (TPSA) is 140 Å². The van der Waals surface area contributed by atoms with Gasteiger partial charge in [0.2, 0.25) is 10.0 Å². The zero-order valence-corrected chi connectivity index (χ0v) is 12.9. The number of nitrogens with zero attached hydrogens (tertiary/aromatic N) is 3. The van der Waals surface area contributed by atoms with Crippen molar-refractivity contribution in [1.82, 2.24) is 14.6 Å². The first-order chi connectivity index (χ1) is 9.92. The summed E-state index contributed by atoms with van der Waals surface area (Å²) in [6.45, 7) is -1.40. The summed E-state index contributed by atoms with van der Waals surface area (Å²) in [6.07, 6.45) is 0. The van der Waals surface area contributed by atoms with Gasteiger partial charge in [-0.25, -0.2) is 13.2 Å². The van der Waals surface area contributed by atoms with Crippen molar-refractivity contribution in [3.05, 3.63) is 4.91 Å². The molecule has 0 aromatic heterocycles. The number of carbonyl (C=O) groups excluding carboxylic acids is 1. The average molecular weight is 347 g/mol. The van der Waals surface area contributed by atoms with Crippen LogP contribution >= 0.6 is 11.6 Å². The summed E-state index contributed by atoms with van der Waals surface area (Å²) in [4.78, 5) is 21.8. The molecule has 0 aliphatic rings. The molecule has 3 N–H and O–H groups in total. The van der Waals surface area contributed by atoms with Gasteiger partial charge in [-0.05, 0) is 0 Å². The molecule has 0 rings (SSSR count). The molecule has 124 valence electrons. The summed E-state index contributed by atoms with van der Waals surface area (Å²) in [7, 11) is -3.74. The number of carbonyl (C=O) groups is 1. The summed E-state index contributed by atoms with van der Waals surface area (Å²) in [5.74, 6) is -0.426. The van der Waals surface area contributed by atoms with Gasteiger partial charge >= 0.3 is 6.03 Å². The predicted molar refractivity (Wildman–Crippen MR) is 76.2 cm³/mol. The third-order valence-corrected chi connectivity index (χ3v) is 4.40. The second kappa shape index (κ2) is 10.7. The molecular formula is C9H19ClN4O6S. The van der Waals surface area contributed by atoms with E-state index in [2.05, 4.69) is 10.6 Å². The van der Waals surface area contributed by atoms with Gasteiger partial charge in [-0.1, -0.05) is 0 Å². The van der Waals surface area contributed by atoms with Crippen LogP contribution in [0.4, 0.5) is 4.79 Å². The second-order valence-corrected chi connectivity index (χ2v) is 6.25. The summed E-state index contributed by atoms with van der Waals surface area (Å²) in [6, 6.07) is -0.850. The van der Waals surface area contributed by atoms with Crippen LogP contribution in [-0.4, -0.2) is 85.0 Å². The van der Waals surface area contributed by atoms with Gasteiger partial charge < -0.3 is 15.5 Å². The van der Waals surface area contributed by atoms with Crippen LogP contribution in [-0.2, 0) is 10.0 Å². The lowest BCUT2D eigenvalue weighted by Crippen LogP contribution is -2.43. The van der Waals surface area contributed by atoms with Crippen molar-refractivity contribution < 1.29 is 23.4 Å². The number of urea groups is 1. The molecular weight excluding hydrogens is 328 g/mol. The van der Waals surface area contributed by atoms with Crippen molar-refractivity contribution in [1.29, 1.82) is 0 Å². The zero-order valence-electron chi connectivity index (χ0n) is 11.3. The molecule has 12 heteroatoms. The van der Waals surface area contributed by atoms with Gasteiger partial charge in [-0.2, -0.15) is 9.31 Å². The van der Waals surface area contributed by atoms with Gasteiger partial charge in [0.1, 0.15) is 0 Å². The van der Waals surface area contributed by atoms with E-state index in [0.717, 1.165) is 4.31 Å². The van der Waals surface area contributed by atoms with Crippen molar-refractivity contribution >= 4 is 27.7 Å². The van der Waals surface area contributed by atoms with Crippen molar-refractivity contribution in [3.63, 3.8) is 0 Å². The summed E-state index contributed by atoms with van der Waals surface area (Å²) in [5, 5.41) is 22.8. The second-order valence-electron chi connectivity index (χ2n) is 3.79. The van der Waals surface area contributed by atoms with Crippen LogP contribution in [0.1, 0.15) is 0 Å². The standard InChI is InChI=1S/C9H19ClN4O6S/c10-1-3-14(12-18)9(17)11-2-8-21(19,20)13(4-6-15)5-7-16/h15-16H,1-8H2,(H,11,17). The lowest BCUT2D eigenvalue weighted by molar-refractivity contribution is 0.202. The number of alkyl halides is 1. The van der Waals surface area contributed by atoms with Crippen LogP contribution < -0.4 is 5.32 Å². The van der Waals surface area contributed by atoms with E-state index in [1.54, 1.807) is 0 Å². The molecule has 2 amide bonds. The van der Waals surface area contributed by atoms with Crippen LogP contribution in [0.3, 0.4) is 0 Å². The number of aliphatic hydroxyl groups excluding tert-OH is 2. The predicted octanol–water partition coefficient (Wildman–Crippen LogP) is -1.47. The van der Waals surface area contributed by atoms with Gasteiger partial charge in [0.05, 0.1) is 30.8 Å². The molecule has 0 aliphatic carbocycles. The molecule has 0 bridgehead atoms. The summed E-state index contributed by atoms with van der Waals surface area (Å²) >= 11 is 5.37. The van der Waals surface area contributed by atoms with E-state index >= 15 is 0 Å². The molecule has 0 aromatic carbocycles. The molecule has 0 radical (unpaired) electrons. The Bertz CT molecular complexity index is 414. The molecule has 10 nitrogen and oxygen atoms in total. The van der Waals surface area contributed by atoms with Crippen molar-refractivity contribution in [2.24, 2.45) is 5.29 Å². The molecule has 0 spiro atoms. The largest absolute Gasteiger partial charge is 0.395 e. The highest BCUT2D eigenvalue weighted by atomic mass is 35.5. The quantitative estimate of drug-likeness (QED) is 0.237. The minimum atomic E-state index is -3.74. The first-order valence-electron chi connectivity index (χ1n) is 6.07. The molecule has 0 aliphatic heterocycles. The van der Waals surface area contributed by atoms with Crippen molar-refractivity contribution in [3.8, 4) is 0 Å². The van der Waals surface area contributed by atoms with E-state index in [0.29, 0.717) is 5.01 Å². The fraction of sp³-hybridized carbons (Fsp3) is 0.889. The van der Waals surface area contributed by atoms with Gasteiger partial charge in [0.15, 0.2) is 0 Å². The van der Waals surface area contributed by atoms with E-state index in [9.17, 15) is 18.1 Å². The lowest BCUT2D eigenvalue weighted by atomic mass is 10.6. The van der Waals surface area contributed by atoms with Gasteiger partial charge in [-0.15, -0.1) is 16.5 Å². The maximum Gasteiger partial charge on any atom is 0.340 e. The number of aliphatic hydroxyl groups is 2. The Morgan fingerprint density at radius 2 is 1.76 bits per heavy atom. The first kappa shape index (κ1) is 20.0. The van der Waals surface area contributed by atoms with E-state index in [1.165, 1.54) is 0 Å². The number of amides is 2. The highest BCUT2D eigenvalue weighted by Gasteiger charge is 2.21. The fourth-order valence-electron chi connectivity index (χ4n) is 1.38. The maximum atomic E-state index is 11.9. The zero-order chi connectivity index (χ0) is 16.3. The van der Waals surface area contributed by atoms with Crippen LogP contribution in [0.2, 0.25) is 0 Å². The number of rotatable bonds is 11. The Hall–Kier alpha value is -1.01. The third-order valence-electron chi connectivity index (χ3n) is 2.36. The molecule has 0 fully saturated rings. The van der Waals surface area contributed by atoms with Crippen LogP contribution in [0.5, 0.6) is 0 Å². The first-order valence-corrected chi connectivity index (χ1v) is 8.21. The summed E-state index contributed by atoms with van der Waals surface area (Å²) < 4.78 is 24.7. The average Bonchev–Trinajstić information content (AvgIpc) is 2.44. The third kappa shape index (κ3) is 7.52. The molecule has 21 heavy (non-hydrogen) atoms. The van der Waals surface area contributed by atoms with E-state index in [1.807, 2.05) is 0 Å². The summed E-state index contributed by atoms with van der Waals surface area (Å²) in [5.41, 5.74) is 0. The van der Waals surface area contributed by atoms with Crippen LogP contribution in [0.25, 0.3) is 0 Å². The lowest BCUT2D eigenvalue weighted by Gasteiger charge is -2.20. The van der Waals surface area contributed by atoms with Gasteiger partial charge in [0.25, 0.3) is 0 Å². The van der Waals surface area contributed by atoms with Gasteiger partial charge in [-0.3, -0.25) is 0 Å². The number of nitrogens with one attached hydrogen (secondary N) is 1. The minimum absolute atomic E-state index is 0.0121. The highest BCUT2D eigenvalue weighted by molar-refractivity contribution is 7.89. The minimum Gasteiger partial charge on any atom is -0.395 e. The van der Waals surface area contributed by atoms with E-state index in [4.69, 9.17) is 21.8 Å². The van der Waals surface area contributed by atoms with Crippen molar-refractivity contribution in [2.75, 3.05) is 51.0 Å². The highest BCUT2D eigenvalue weighted by Crippen LogP contribution is 2.00. The van der Waals surface area contributed by atoms with Gasteiger partial charge in [0, 0.05) is 25.5 Å². The SMILES string of the molecule is O=NN(CCCl)C(=O)NCCS(=O)(=O)N(CCO)CCO. The smallest absolute Gasteiger partial charge is 0.340 e. The Balaban J connectivity index is 4.41. The van der Waals surface area contributed by atoms with E-state index in [-0.39, 0.29) is 45.3 Å². The van der Waals surface area contributed by atoms with Crippen LogP contribution in [0.15, 0.2) is 5.29 Å².